The molecule has 0 amide bonds. The molecule has 0 atom stereocenters. The largest absolute Gasteiger partial charge is 0.487 e. The van der Waals surface area contributed by atoms with E-state index in [4.69, 9.17) is 4.74 Å². The van der Waals surface area contributed by atoms with Crippen LogP contribution in [-0.2, 0) is 6.61 Å². The van der Waals surface area contributed by atoms with Crippen LogP contribution in [0.5, 0.6) is 5.75 Å². The third-order valence-corrected chi connectivity index (χ3v) is 2.59. The molecule has 0 aliphatic rings. The van der Waals surface area contributed by atoms with Gasteiger partial charge in [-0.05, 0) is 18.2 Å². The standard InChI is InChI=1S/C11H8FNO2S/c12-9-1-2-11(8(3-9)4-14)15-5-10-6-16-7-13-10/h1-4,6-7H,5H2. The lowest BCUT2D eigenvalue weighted by molar-refractivity contribution is 0.111. The Morgan fingerprint density at radius 2 is 2.38 bits per heavy atom. The molecule has 0 N–H and O–H groups in total. The number of hydrogen-bond acceptors (Lipinski definition) is 4. The van der Waals surface area contributed by atoms with Gasteiger partial charge in [0, 0.05) is 5.38 Å². The van der Waals surface area contributed by atoms with Gasteiger partial charge in [-0.25, -0.2) is 9.37 Å². The Bertz CT molecular complexity index is 485. The highest BCUT2D eigenvalue weighted by molar-refractivity contribution is 7.07. The average Bonchev–Trinajstić information content (AvgIpc) is 2.80. The molecule has 0 saturated carbocycles. The van der Waals surface area contributed by atoms with Crippen LogP contribution in [0.4, 0.5) is 4.39 Å². The molecule has 0 saturated heterocycles. The molecule has 1 heterocycles. The molecule has 0 fully saturated rings. The summed E-state index contributed by atoms with van der Waals surface area (Å²) in [5, 5.41) is 1.85. The van der Waals surface area contributed by atoms with Gasteiger partial charge in [0.2, 0.25) is 0 Å². The molecule has 82 valence electrons. The third-order valence-electron chi connectivity index (χ3n) is 1.96. The molecule has 0 bridgehead atoms. The van der Waals surface area contributed by atoms with Crippen LogP contribution in [0, 0.1) is 5.82 Å². The summed E-state index contributed by atoms with van der Waals surface area (Å²) >= 11 is 1.47. The second-order valence-corrected chi connectivity index (χ2v) is 3.79. The van der Waals surface area contributed by atoms with Crippen LogP contribution in [-0.4, -0.2) is 11.3 Å². The summed E-state index contributed by atoms with van der Waals surface area (Å²) in [4.78, 5) is 14.7. The van der Waals surface area contributed by atoms with E-state index in [1.807, 2.05) is 5.38 Å². The van der Waals surface area contributed by atoms with Crippen molar-refractivity contribution in [3.8, 4) is 5.75 Å². The Morgan fingerprint density at radius 3 is 3.06 bits per heavy atom. The van der Waals surface area contributed by atoms with E-state index in [0.717, 1.165) is 11.8 Å². The summed E-state index contributed by atoms with van der Waals surface area (Å²) in [5.41, 5.74) is 2.69. The van der Waals surface area contributed by atoms with Gasteiger partial charge in [-0.3, -0.25) is 4.79 Å². The Morgan fingerprint density at radius 1 is 1.50 bits per heavy atom. The van der Waals surface area contributed by atoms with Crippen molar-refractivity contribution >= 4 is 17.6 Å². The second kappa shape index (κ2) is 4.85. The Kier molecular flexibility index (Phi) is 3.26. The zero-order valence-electron chi connectivity index (χ0n) is 8.22. The minimum Gasteiger partial charge on any atom is -0.487 e. The molecule has 3 nitrogen and oxygen atoms in total. The average molecular weight is 237 g/mol. The van der Waals surface area contributed by atoms with E-state index in [9.17, 15) is 9.18 Å². The van der Waals surface area contributed by atoms with Gasteiger partial charge in [-0.2, -0.15) is 0 Å². The smallest absolute Gasteiger partial charge is 0.153 e. The van der Waals surface area contributed by atoms with Gasteiger partial charge in [-0.15, -0.1) is 11.3 Å². The number of hydrogen-bond donors (Lipinski definition) is 0. The zero-order chi connectivity index (χ0) is 11.4. The molecule has 0 aliphatic heterocycles. The molecule has 0 unspecified atom stereocenters. The first-order chi connectivity index (χ1) is 7.79. The van der Waals surface area contributed by atoms with Crippen molar-refractivity contribution in [1.82, 2.24) is 4.98 Å². The first kappa shape index (κ1) is 10.8. The fraction of sp³-hybridized carbons (Fsp3) is 0.0909. The van der Waals surface area contributed by atoms with Gasteiger partial charge in [0.15, 0.2) is 6.29 Å². The lowest BCUT2D eigenvalue weighted by Gasteiger charge is -2.06. The number of nitrogens with zero attached hydrogens (tertiary/aromatic N) is 1. The maximum Gasteiger partial charge on any atom is 0.153 e. The van der Waals surface area contributed by atoms with Gasteiger partial charge >= 0.3 is 0 Å². The minimum atomic E-state index is -0.455. The van der Waals surface area contributed by atoms with Crippen LogP contribution in [0.15, 0.2) is 29.1 Å². The van der Waals surface area contributed by atoms with Crippen molar-refractivity contribution in [2.24, 2.45) is 0 Å². The predicted molar refractivity (Wildman–Crippen MR) is 58.2 cm³/mol. The second-order valence-electron chi connectivity index (χ2n) is 3.07. The maximum atomic E-state index is 12.8. The molecule has 1 aromatic carbocycles. The van der Waals surface area contributed by atoms with Crippen molar-refractivity contribution < 1.29 is 13.9 Å². The summed E-state index contributed by atoms with van der Waals surface area (Å²) < 4.78 is 18.2. The molecule has 0 spiro atoms. The van der Waals surface area contributed by atoms with E-state index >= 15 is 0 Å². The van der Waals surface area contributed by atoms with Crippen LogP contribution in [0.25, 0.3) is 0 Å². The van der Waals surface area contributed by atoms with Crippen LogP contribution in [0.1, 0.15) is 16.1 Å². The van der Waals surface area contributed by atoms with Crippen molar-refractivity contribution in [3.05, 3.63) is 46.2 Å². The quantitative estimate of drug-likeness (QED) is 0.767. The molecular formula is C11H8FNO2S. The SMILES string of the molecule is O=Cc1cc(F)ccc1OCc1cscn1. The maximum absolute atomic E-state index is 12.8. The number of halogens is 1. The van der Waals surface area contributed by atoms with Crippen LogP contribution in [0.2, 0.25) is 0 Å². The highest BCUT2D eigenvalue weighted by Gasteiger charge is 2.05. The van der Waals surface area contributed by atoms with E-state index in [1.165, 1.54) is 23.5 Å². The number of ether oxygens (including phenoxy) is 1. The van der Waals surface area contributed by atoms with E-state index in [-0.39, 0.29) is 12.2 Å². The number of thiazole rings is 1. The number of rotatable bonds is 4. The predicted octanol–water partition coefficient (Wildman–Crippen LogP) is 2.67. The van der Waals surface area contributed by atoms with Gasteiger partial charge < -0.3 is 4.74 Å². The number of aldehydes is 1. The Labute approximate surface area is 95.5 Å². The lowest BCUT2D eigenvalue weighted by Crippen LogP contribution is -1.98. The first-order valence-electron chi connectivity index (χ1n) is 4.54. The molecule has 2 aromatic rings. The van der Waals surface area contributed by atoms with Crippen LogP contribution in [0.3, 0.4) is 0 Å². The normalized spacial score (nSPS) is 10.1. The van der Waals surface area contributed by atoms with Gasteiger partial charge in [0.05, 0.1) is 16.8 Å². The Balaban J connectivity index is 2.12. The van der Waals surface area contributed by atoms with Crippen molar-refractivity contribution in [2.75, 3.05) is 0 Å². The van der Waals surface area contributed by atoms with E-state index < -0.39 is 5.82 Å². The Hall–Kier alpha value is -1.75. The van der Waals surface area contributed by atoms with Crippen molar-refractivity contribution in [2.45, 2.75) is 6.61 Å². The molecule has 2 rings (SSSR count). The lowest BCUT2D eigenvalue weighted by atomic mass is 10.2. The first-order valence-corrected chi connectivity index (χ1v) is 5.48. The molecule has 5 heteroatoms. The molecular weight excluding hydrogens is 229 g/mol. The zero-order valence-corrected chi connectivity index (χ0v) is 9.04. The summed E-state index contributed by atoms with van der Waals surface area (Å²) in [6, 6.07) is 3.83. The van der Waals surface area contributed by atoms with Crippen molar-refractivity contribution in [1.29, 1.82) is 0 Å². The summed E-state index contributed by atoms with van der Waals surface area (Å²) in [6.07, 6.45) is 0.569. The number of carbonyl (C=O) groups is 1. The number of carbonyl (C=O) groups excluding carboxylic acids is 1. The van der Waals surface area contributed by atoms with Gasteiger partial charge in [0.25, 0.3) is 0 Å². The van der Waals surface area contributed by atoms with E-state index in [2.05, 4.69) is 4.98 Å². The summed E-state index contributed by atoms with van der Waals surface area (Å²) in [5.74, 6) is -0.0903. The summed E-state index contributed by atoms with van der Waals surface area (Å²) in [6.45, 7) is 0.274. The van der Waals surface area contributed by atoms with Gasteiger partial charge in [0.1, 0.15) is 18.2 Å². The number of benzene rings is 1. The molecule has 16 heavy (non-hydrogen) atoms. The highest BCUT2D eigenvalue weighted by atomic mass is 32.1. The third kappa shape index (κ3) is 2.43. The minimum absolute atomic E-state index is 0.204. The molecule has 0 aliphatic carbocycles. The fourth-order valence-corrected chi connectivity index (χ4v) is 1.75. The fourth-order valence-electron chi connectivity index (χ4n) is 1.20. The van der Waals surface area contributed by atoms with Crippen molar-refractivity contribution in [3.63, 3.8) is 0 Å². The number of aromatic nitrogens is 1. The van der Waals surface area contributed by atoms with E-state index in [0.29, 0.717) is 12.0 Å². The molecule has 1 aromatic heterocycles. The van der Waals surface area contributed by atoms with E-state index in [1.54, 1.807) is 5.51 Å². The van der Waals surface area contributed by atoms with Crippen LogP contribution < -0.4 is 4.74 Å². The topological polar surface area (TPSA) is 39.2 Å². The highest BCUT2D eigenvalue weighted by Crippen LogP contribution is 2.19. The molecule has 0 radical (unpaired) electrons. The monoisotopic (exact) mass is 237 g/mol. The van der Waals surface area contributed by atoms with Crippen LogP contribution >= 0.6 is 11.3 Å². The summed E-state index contributed by atoms with van der Waals surface area (Å²) in [7, 11) is 0. The van der Waals surface area contributed by atoms with Gasteiger partial charge in [-0.1, -0.05) is 0 Å².